The Kier molecular flexibility index (Phi) is 6.11. The molecule has 0 aliphatic rings. The lowest BCUT2D eigenvalue weighted by Crippen LogP contribution is -2.21. The summed E-state index contributed by atoms with van der Waals surface area (Å²) in [5.74, 6) is 2.59. The molecule has 0 spiro atoms. The van der Waals surface area contributed by atoms with Crippen LogP contribution in [0.15, 0.2) is 54.6 Å². The molecule has 0 saturated carbocycles. The van der Waals surface area contributed by atoms with Gasteiger partial charge in [0, 0.05) is 28.5 Å². The number of aliphatic hydroxyl groups is 1. The summed E-state index contributed by atoms with van der Waals surface area (Å²) in [6.07, 6.45) is 0. The van der Waals surface area contributed by atoms with Gasteiger partial charge in [-0.05, 0) is 62.4 Å². The third-order valence-corrected chi connectivity index (χ3v) is 3.93. The van der Waals surface area contributed by atoms with E-state index in [0.29, 0.717) is 16.8 Å². The lowest BCUT2D eigenvalue weighted by atomic mass is 10.3. The average molecular weight is 385 g/mol. The first kappa shape index (κ1) is 18.9. The van der Waals surface area contributed by atoms with Crippen LogP contribution >= 0.6 is 11.6 Å². The second-order valence-electron chi connectivity index (χ2n) is 6.15. The van der Waals surface area contributed by atoms with Crippen LogP contribution in [0.1, 0.15) is 12.6 Å². The zero-order valence-electron chi connectivity index (χ0n) is 15.1. The quantitative estimate of drug-likeness (QED) is 0.544. The van der Waals surface area contributed by atoms with Gasteiger partial charge in [0.1, 0.15) is 17.3 Å². The van der Waals surface area contributed by atoms with E-state index in [1.165, 1.54) is 0 Å². The van der Waals surface area contributed by atoms with E-state index in [9.17, 15) is 0 Å². The van der Waals surface area contributed by atoms with Crippen LogP contribution in [0.3, 0.4) is 0 Å². The van der Waals surface area contributed by atoms with Crippen molar-refractivity contribution in [2.75, 3.05) is 17.2 Å². The highest BCUT2D eigenvalue weighted by atomic mass is 35.5. The van der Waals surface area contributed by atoms with Crippen molar-refractivity contribution >= 4 is 29.1 Å². The number of hydrogen-bond acceptors (Lipinski definition) is 6. The smallest absolute Gasteiger partial charge is 0.225 e. The number of ether oxygens (including phenoxy) is 1. The van der Waals surface area contributed by atoms with Crippen LogP contribution in [0.25, 0.3) is 0 Å². The van der Waals surface area contributed by atoms with Gasteiger partial charge in [0.2, 0.25) is 5.95 Å². The number of rotatable bonds is 7. The Balaban J connectivity index is 1.68. The second kappa shape index (κ2) is 8.70. The molecule has 27 heavy (non-hydrogen) atoms. The van der Waals surface area contributed by atoms with Gasteiger partial charge in [0.25, 0.3) is 0 Å². The maximum atomic E-state index is 9.16. The van der Waals surface area contributed by atoms with E-state index in [1.807, 2.05) is 56.3 Å². The fourth-order valence-electron chi connectivity index (χ4n) is 2.36. The molecule has 1 aromatic heterocycles. The normalized spacial score (nSPS) is 11.7. The molecule has 0 radical (unpaired) electrons. The molecule has 6 nitrogen and oxygen atoms in total. The van der Waals surface area contributed by atoms with E-state index in [2.05, 4.69) is 20.6 Å². The van der Waals surface area contributed by atoms with Gasteiger partial charge >= 0.3 is 0 Å². The maximum absolute atomic E-state index is 9.16. The molecule has 3 rings (SSSR count). The van der Waals surface area contributed by atoms with Gasteiger partial charge in [0.15, 0.2) is 0 Å². The van der Waals surface area contributed by atoms with Gasteiger partial charge in [-0.1, -0.05) is 11.6 Å². The molecule has 0 aliphatic carbocycles. The first-order valence-corrected chi connectivity index (χ1v) is 8.93. The SMILES string of the molecule is Cc1cc(Nc2ccc(Oc3ccc(Cl)cc3)cc2)nc(NC(C)CO)n1. The van der Waals surface area contributed by atoms with Crippen molar-refractivity contribution in [3.63, 3.8) is 0 Å². The van der Waals surface area contributed by atoms with Crippen molar-refractivity contribution in [2.24, 2.45) is 0 Å². The van der Waals surface area contributed by atoms with Gasteiger partial charge in [-0.3, -0.25) is 0 Å². The van der Waals surface area contributed by atoms with Crippen LogP contribution in [0.4, 0.5) is 17.5 Å². The number of nitrogens with zero attached hydrogens (tertiary/aromatic N) is 2. The first-order chi connectivity index (χ1) is 13.0. The first-order valence-electron chi connectivity index (χ1n) is 8.55. The van der Waals surface area contributed by atoms with Crippen LogP contribution < -0.4 is 15.4 Å². The van der Waals surface area contributed by atoms with Crippen molar-refractivity contribution in [1.29, 1.82) is 0 Å². The fourth-order valence-corrected chi connectivity index (χ4v) is 2.48. The Morgan fingerprint density at radius 3 is 2.30 bits per heavy atom. The highest BCUT2D eigenvalue weighted by molar-refractivity contribution is 6.30. The average Bonchev–Trinajstić information content (AvgIpc) is 2.64. The molecule has 1 unspecified atom stereocenters. The molecule has 7 heteroatoms. The summed E-state index contributed by atoms with van der Waals surface area (Å²) in [7, 11) is 0. The Hall–Kier alpha value is -2.83. The molecule has 1 atom stereocenters. The van der Waals surface area contributed by atoms with E-state index >= 15 is 0 Å². The number of anilines is 3. The van der Waals surface area contributed by atoms with Gasteiger partial charge in [-0.25, -0.2) is 4.98 Å². The molecule has 0 saturated heterocycles. The third-order valence-electron chi connectivity index (χ3n) is 3.68. The van der Waals surface area contributed by atoms with E-state index < -0.39 is 0 Å². The maximum Gasteiger partial charge on any atom is 0.225 e. The molecule has 0 aliphatic heterocycles. The minimum Gasteiger partial charge on any atom is -0.457 e. The third kappa shape index (κ3) is 5.57. The van der Waals surface area contributed by atoms with Crippen LogP contribution in [-0.4, -0.2) is 27.7 Å². The van der Waals surface area contributed by atoms with Gasteiger partial charge in [0.05, 0.1) is 6.61 Å². The fraction of sp³-hybridized carbons (Fsp3) is 0.200. The summed E-state index contributed by atoms with van der Waals surface area (Å²) < 4.78 is 5.79. The molecule has 2 aromatic carbocycles. The zero-order chi connectivity index (χ0) is 19.2. The molecule has 3 aromatic rings. The van der Waals surface area contributed by atoms with Crippen molar-refractivity contribution in [2.45, 2.75) is 19.9 Å². The minimum absolute atomic E-state index is 0.00907. The number of benzene rings is 2. The number of aliphatic hydroxyl groups excluding tert-OH is 1. The van der Waals surface area contributed by atoms with Gasteiger partial charge in [-0.15, -0.1) is 0 Å². The monoisotopic (exact) mass is 384 g/mol. The van der Waals surface area contributed by atoms with Crippen LogP contribution in [0.2, 0.25) is 5.02 Å². The Bertz CT molecular complexity index is 885. The Labute approximate surface area is 163 Å². The summed E-state index contributed by atoms with van der Waals surface area (Å²) in [6, 6.07) is 16.5. The molecule has 0 amide bonds. The summed E-state index contributed by atoms with van der Waals surface area (Å²) in [5.41, 5.74) is 1.69. The molecule has 3 N–H and O–H groups in total. The molecule has 0 bridgehead atoms. The Morgan fingerprint density at radius 2 is 1.67 bits per heavy atom. The largest absolute Gasteiger partial charge is 0.457 e. The van der Waals surface area contributed by atoms with Crippen LogP contribution in [-0.2, 0) is 0 Å². The molecule has 0 fully saturated rings. The molecule has 1 heterocycles. The summed E-state index contributed by atoms with van der Waals surface area (Å²) >= 11 is 5.88. The van der Waals surface area contributed by atoms with Crippen molar-refractivity contribution in [3.05, 3.63) is 65.3 Å². The number of aryl methyl sites for hydroxylation is 1. The van der Waals surface area contributed by atoms with Crippen molar-refractivity contribution in [1.82, 2.24) is 9.97 Å². The number of hydrogen-bond donors (Lipinski definition) is 3. The standard InChI is InChI=1S/C20H21ClN4O2/c1-13-11-19(25-20(22-13)23-14(2)12-26)24-16-5-9-18(10-6-16)27-17-7-3-15(21)4-8-17/h3-11,14,26H,12H2,1-2H3,(H2,22,23,24,25). The molecular formula is C20H21ClN4O2. The minimum atomic E-state index is -0.121. The van der Waals surface area contributed by atoms with E-state index in [0.717, 1.165) is 22.9 Å². The molecular weight excluding hydrogens is 364 g/mol. The number of halogens is 1. The predicted octanol–water partition coefficient (Wildman–Crippen LogP) is 4.77. The summed E-state index contributed by atoms with van der Waals surface area (Å²) in [4.78, 5) is 8.75. The highest BCUT2D eigenvalue weighted by Gasteiger charge is 2.06. The highest BCUT2D eigenvalue weighted by Crippen LogP contribution is 2.25. The molecule has 140 valence electrons. The lowest BCUT2D eigenvalue weighted by molar-refractivity contribution is 0.281. The van der Waals surface area contributed by atoms with Gasteiger partial charge < -0.3 is 20.5 Å². The van der Waals surface area contributed by atoms with Crippen LogP contribution in [0, 0.1) is 6.92 Å². The summed E-state index contributed by atoms with van der Waals surface area (Å²) in [6.45, 7) is 3.76. The topological polar surface area (TPSA) is 79.3 Å². The van der Waals surface area contributed by atoms with Crippen LogP contribution in [0.5, 0.6) is 11.5 Å². The second-order valence-corrected chi connectivity index (χ2v) is 6.59. The lowest BCUT2D eigenvalue weighted by Gasteiger charge is -2.13. The summed E-state index contributed by atoms with van der Waals surface area (Å²) in [5, 5.41) is 16.1. The van der Waals surface area contributed by atoms with Crippen molar-refractivity contribution in [3.8, 4) is 11.5 Å². The number of aromatic nitrogens is 2. The zero-order valence-corrected chi connectivity index (χ0v) is 15.9. The van der Waals surface area contributed by atoms with E-state index in [1.54, 1.807) is 12.1 Å². The predicted molar refractivity (Wildman–Crippen MR) is 108 cm³/mol. The van der Waals surface area contributed by atoms with Crippen molar-refractivity contribution < 1.29 is 9.84 Å². The van der Waals surface area contributed by atoms with Gasteiger partial charge in [-0.2, -0.15) is 4.98 Å². The number of nitrogens with one attached hydrogen (secondary N) is 2. The van der Waals surface area contributed by atoms with E-state index in [-0.39, 0.29) is 12.6 Å². The Morgan fingerprint density at radius 1 is 1.04 bits per heavy atom. The van der Waals surface area contributed by atoms with E-state index in [4.69, 9.17) is 21.4 Å².